The molecular weight excluding hydrogens is 522 g/mol. The average molecular weight is 547 g/mol. The first-order valence-electron chi connectivity index (χ1n) is 10.7. The van der Waals surface area contributed by atoms with Crippen molar-refractivity contribution >= 4 is 39.4 Å². The lowest BCUT2D eigenvalue weighted by atomic mass is 9.95. The molecule has 0 saturated carbocycles. The Morgan fingerprint density at radius 1 is 1.03 bits per heavy atom. The minimum absolute atomic E-state index is 0.300. The maximum atomic E-state index is 12.9. The van der Waals surface area contributed by atoms with Crippen molar-refractivity contribution in [2.24, 2.45) is 5.92 Å². The molecule has 0 saturated heterocycles. The van der Waals surface area contributed by atoms with Gasteiger partial charge in [-0.05, 0) is 66.4 Å². The lowest BCUT2D eigenvalue weighted by Gasteiger charge is -2.14. The highest BCUT2D eigenvalue weighted by atomic mass is 79.9. The molecule has 0 aliphatic carbocycles. The van der Waals surface area contributed by atoms with E-state index in [1.165, 1.54) is 7.11 Å². The molecule has 0 unspecified atom stereocenters. The predicted octanol–water partition coefficient (Wildman–Crippen LogP) is 6.49. The second kappa shape index (κ2) is 11.9. The number of methoxy groups -OCH3 is 1. The fraction of sp³-hybridized carbons (Fsp3) is 0.231. The molecule has 0 fully saturated rings. The maximum absolute atomic E-state index is 12.9. The monoisotopic (exact) mass is 545 g/mol. The average Bonchev–Trinajstić information content (AvgIpc) is 2.81. The number of benzene rings is 3. The third-order valence-corrected chi connectivity index (χ3v) is 5.96. The number of nitrogens with one attached hydrogen (secondary N) is 1. The summed E-state index contributed by atoms with van der Waals surface area (Å²) in [5.74, 6) is 0.0353. The third kappa shape index (κ3) is 6.98. The number of rotatable bonds is 10. The van der Waals surface area contributed by atoms with Crippen LogP contribution in [-0.2, 0) is 17.8 Å². The van der Waals surface area contributed by atoms with E-state index >= 15 is 0 Å². The van der Waals surface area contributed by atoms with E-state index in [4.69, 9.17) is 21.1 Å². The molecule has 34 heavy (non-hydrogen) atoms. The first kappa shape index (κ1) is 25.6. The van der Waals surface area contributed by atoms with Crippen LogP contribution in [0.3, 0.4) is 0 Å². The van der Waals surface area contributed by atoms with Crippen molar-refractivity contribution in [3.8, 4) is 17.2 Å². The number of halogens is 2. The summed E-state index contributed by atoms with van der Waals surface area (Å²) in [6.07, 6.45) is 0.859. The molecular formula is C26H25BrClNO5. The van der Waals surface area contributed by atoms with Crippen LogP contribution in [0.4, 0.5) is 0 Å². The Morgan fingerprint density at radius 3 is 2.35 bits per heavy atom. The van der Waals surface area contributed by atoms with E-state index in [1.807, 2.05) is 37.3 Å². The molecule has 8 heteroatoms. The number of carboxylic acids is 1. The zero-order valence-corrected chi connectivity index (χ0v) is 21.2. The van der Waals surface area contributed by atoms with Gasteiger partial charge in [-0.3, -0.25) is 9.59 Å². The lowest BCUT2D eigenvalue weighted by Crippen LogP contribution is -2.24. The van der Waals surface area contributed by atoms with Crippen molar-refractivity contribution in [3.63, 3.8) is 0 Å². The molecule has 0 radical (unpaired) electrons. The normalized spacial score (nSPS) is 11.5. The summed E-state index contributed by atoms with van der Waals surface area (Å²) < 4.78 is 12.0. The molecule has 6 nitrogen and oxygen atoms in total. The van der Waals surface area contributed by atoms with Gasteiger partial charge in [0.05, 0.1) is 18.6 Å². The van der Waals surface area contributed by atoms with Gasteiger partial charge in [0.15, 0.2) is 0 Å². The first-order chi connectivity index (χ1) is 16.3. The van der Waals surface area contributed by atoms with Crippen molar-refractivity contribution in [1.82, 2.24) is 5.32 Å². The van der Waals surface area contributed by atoms with Crippen molar-refractivity contribution in [3.05, 3.63) is 86.8 Å². The molecule has 0 spiro atoms. The van der Waals surface area contributed by atoms with Crippen LogP contribution in [0, 0.1) is 5.92 Å². The van der Waals surface area contributed by atoms with Crippen LogP contribution in [0.15, 0.2) is 65.1 Å². The van der Waals surface area contributed by atoms with Crippen molar-refractivity contribution in [2.45, 2.75) is 26.3 Å². The van der Waals surface area contributed by atoms with E-state index < -0.39 is 11.9 Å². The molecule has 3 aromatic carbocycles. The number of amides is 1. The zero-order valence-electron chi connectivity index (χ0n) is 18.8. The smallest absolute Gasteiger partial charge is 0.306 e. The van der Waals surface area contributed by atoms with E-state index in [0.717, 1.165) is 15.6 Å². The molecule has 0 aromatic heterocycles. The summed E-state index contributed by atoms with van der Waals surface area (Å²) in [4.78, 5) is 24.2. The van der Waals surface area contributed by atoms with E-state index in [0.29, 0.717) is 47.2 Å². The van der Waals surface area contributed by atoms with Gasteiger partial charge < -0.3 is 19.9 Å². The molecule has 0 aliphatic rings. The van der Waals surface area contributed by atoms with Crippen LogP contribution >= 0.6 is 27.5 Å². The standard InChI is InChI=1S/C26H25BrClNO5/c1-3-18(26(31)32)10-17-6-9-24(33-2)23(11-17)25(30)29-15-16-4-7-21(8-5-16)34-22-13-19(27)12-20(28)14-22/h4-9,11-14,18H,3,10,15H2,1-2H3,(H,29,30)(H,31,32)/t18-/m0/s1. The van der Waals surface area contributed by atoms with E-state index in [9.17, 15) is 14.7 Å². The summed E-state index contributed by atoms with van der Waals surface area (Å²) >= 11 is 9.44. The van der Waals surface area contributed by atoms with Crippen molar-refractivity contribution in [1.29, 1.82) is 0 Å². The first-order valence-corrected chi connectivity index (χ1v) is 11.9. The van der Waals surface area contributed by atoms with Crippen molar-refractivity contribution in [2.75, 3.05) is 7.11 Å². The molecule has 0 bridgehead atoms. The Bertz CT molecular complexity index is 1150. The molecule has 3 aromatic rings. The van der Waals surface area contributed by atoms with Gasteiger partial charge in [-0.25, -0.2) is 0 Å². The summed E-state index contributed by atoms with van der Waals surface area (Å²) in [6, 6.07) is 17.9. The molecule has 1 atom stereocenters. The Kier molecular flexibility index (Phi) is 8.96. The number of carbonyl (C=O) groups is 2. The molecule has 0 heterocycles. The van der Waals surface area contributed by atoms with Gasteiger partial charge in [0.2, 0.25) is 0 Å². The number of carboxylic acid groups (broad SMARTS) is 1. The largest absolute Gasteiger partial charge is 0.496 e. The topological polar surface area (TPSA) is 84.9 Å². The van der Waals surface area contributed by atoms with Gasteiger partial charge in [0.25, 0.3) is 5.91 Å². The molecule has 178 valence electrons. The Labute approximate surface area is 212 Å². The maximum Gasteiger partial charge on any atom is 0.306 e. The minimum Gasteiger partial charge on any atom is -0.496 e. The van der Waals surface area contributed by atoms with E-state index in [-0.39, 0.29) is 5.91 Å². The highest BCUT2D eigenvalue weighted by molar-refractivity contribution is 9.10. The number of hydrogen-bond acceptors (Lipinski definition) is 4. The summed E-state index contributed by atoms with van der Waals surface area (Å²) in [6.45, 7) is 2.14. The Morgan fingerprint density at radius 2 is 1.74 bits per heavy atom. The third-order valence-electron chi connectivity index (χ3n) is 5.28. The van der Waals surface area contributed by atoms with Gasteiger partial charge in [-0.15, -0.1) is 0 Å². The molecule has 2 N–H and O–H groups in total. The van der Waals surface area contributed by atoms with Crippen LogP contribution in [-0.4, -0.2) is 24.1 Å². The summed E-state index contributed by atoms with van der Waals surface area (Å²) in [5.41, 5.74) is 2.03. The second-order valence-corrected chi connectivity index (χ2v) is 9.07. The number of carbonyl (C=O) groups excluding carboxylic acids is 1. The van der Waals surface area contributed by atoms with Crippen LogP contribution in [0.5, 0.6) is 17.2 Å². The van der Waals surface area contributed by atoms with E-state index in [2.05, 4.69) is 21.2 Å². The number of ether oxygens (including phenoxy) is 2. The zero-order chi connectivity index (χ0) is 24.7. The summed E-state index contributed by atoms with van der Waals surface area (Å²) in [5, 5.41) is 12.8. The van der Waals surface area contributed by atoms with E-state index in [1.54, 1.807) is 30.3 Å². The quantitative estimate of drug-likeness (QED) is 0.304. The molecule has 1 amide bonds. The van der Waals surface area contributed by atoms with Gasteiger partial charge in [0, 0.05) is 16.0 Å². The fourth-order valence-electron chi connectivity index (χ4n) is 3.43. The number of aliphatic carboxylic acids is 1. The Balaban J connectivity index is 1.65. The lowest BCUT2D eigenvalue weighted by molar-refractivity contribution is -0.141. The highest BCUT2D eigenvalue weighted by Crippen LogP contribution is 2.29. The van der Waals surface area contributed by atoms with Crippen LogP contribution in [0.25, 0.3) is 0 Å². The predicted molar refractivity (Wildman–Crippen MR) is 135 cm³/mol. The van der Waals surface area contributed by atoms with Crippen LogP contribution in [0.2, 0.25) is 5.02 Å². The second-order valence-electron chi connectivity index (χ2n) is 7.72. The van der Waals surface area contributed by atoms with Crippen LogP contribution < -0.4 is 14.8 Å². The Hall–Kier alpha value is -3.03. The van der Waals surface area contributed by atoms with Gasteiger partial charge in [-0.1, -0.05) is 52.7 Å². The van der Waals surface area contributed by atoms with Gasteiger partial charge >= 0.3 is 5.97 Å². The summed E-state index contributed by atoms with van der Waals surface area (Å²) in [7, 11) is 1.50. The SMILES string of the molecule is CC[C@@H](Cc1ccc(OC)c(C(=O)NCc2ccc(Oc3cc(Cl)cc(Br)c3)cc2)c1)C(=O)O. The fourth-order valence-corrected chi connectivity index (χ4v) is 4.26. The highest BCUT2D eigenvalue weighted by Gasteiger charge is 2.18. The molecule has 3 rings (SSSR count). The minimum atomic E-state index is -0.847. The number of hydrogen-bond donors (Lipinski definition) is 2. The van der Waals surface area contributed by atoms with Crippen LogP contribution in [0.1, 0.15) is 34.8 Å². The van der Waals surface area contributed by atoms with Crippen molar-refractivity contribution < 1.29 is 24.2 Å². The van der Waals surface area contributed by atoms with Gasteiger partial charge in [-0.2, -0.15) is 0 Å². The molecule has 0 aliphatic heterocycles. The van der Waals surface area contributed by atoms with Gasteiger partial charge in [0.1, 0.15) is 17.2 Å².